The van der Waals surface area contributed by atoms with Crippen molar-refractivity contribution in [3.05, 3.63) is 84.2 Å². The lowest BCUT2D eigenvalue weighted by Crippen LogP contribution is -2.40. The summed E-state index contributed by atoms with van der Waals surface area (Å²) >= 11 is 0. The third kappa shape index (κ3) is 5.51. The zero-order valence-corrected chi connectivity index (χ0v) is 16.6. The van der Waals surface area contributed by atoms with Crippen molar-refractivity contribution in [3.63, 3.8) is 0 Å². The molecular weight excluding hydrogens is 362 g/mol. The molecule has 29 heavy (non-hydrogen) atoms. The van der Waals surface area contributed by atoms with Gasteiger partial charge in [0.1, 0.15) is 0 Å². The number of pyridine rings is 1. The molecule has 3 aromatic rings. The van der Waals surface area contributed by atoms with E-state index < -0.39 is 0 Å². The highest BCUT2D eigenvalue weighted by Crippen LogP contribution is 2.19. The van der Waals surface area contributed by atoms with E-state index in [9.17, 15) is 4.79 Å². The largest absolute Gasteiger partial charge is 0.352 e. The lowest BCUT2D eigenvalue weighted by atomic mass is 9.95. The molecule has 6 nitrogen and oxygen atoms in total. The van der Waals surface area contributed by atoms with Gasteiger partial charge in [0.2, 0.25) is 5.91 Å². The van der Waals surface area contributed by atoms with E-state index in [1.807, 2.05) is 29.4 Å². The molecule has 1 fully saturated rings. The van der Waals surface area contributed by atoms with Gasteiger partial charge in [-0.25, -0.2) is 4.98 Å². The molecule has 2 aromatic heterocycles. The van der Waals surface area contributed by atoms with Crippen molar-refractivity contribution in [2.24, 2.45) is 5.92 Å². The maximum atomic E-state index is 12.6. The van der Waals surface area contributed by atoms with E-state index in [2.05, 4.69) is 50.5 Å². The minimum atomic E-state index is 0.112. The Morgan fingerprint density at radius 3 is 2.45 bits per heavy atom. The Balaban J connectivity index is 1.20. The first-order chi connectivity index (χ1) is 14.3. The normalized spacial score (nSPS) is 15.3. The maximum Gasteiger partial charge on any atom is 0.223 e. The average molecular weight is 390 g/mol. The number of carbonyl (C=O) groups is 1. The highest BCUT2D eigenvalue weighted by molar-refractivity contribution is 5.78. The van der Waals surface area contributed by atoms with E-state index in [-0.39, 0.29) is 11.8 Å². The number of amides is 1. The number of nitrogens with zero attached hydrogens (tertiary/aromatic N) is 4. The Morgan fingerprint density at radius 1 is 0.966 bits per heavy atom. The third-order valence-corrected chi connectivity index (χ3v) is 5.50. The summed E-state index contributed by atoms with van der Waals surface area (Å²) in [7, 11) is 0. The predicted octanol–water partition coefficient (Wildman–Crippen LogP) is 2.85. The number of hydrogen-bond donors (Lipinski definition) is 1. The summed E-state index contributed by atoms with van der Waals surface area (Å²) < 4.78 is 2.04. The molecule has 1 aliphatic rings. The molecular formula is C23H27N5O. The van der Waals surface area contributed by atoms with Gasteiger partial charge in [-0.15, -0.1) is 0 Å². The van der Waals surface area contributed by atoms with Crippen LogP contribution in [0.1, 0.15) is 29.5 Å². The van der Waals surface area contributed by atoms with Crippen molar-refractivity contribution < 1.29 is 4.79 Å². The highest BCUT2D eigenvalue weighted by Gasteiger charge is 2.24. The lowest BCUT2D eigenvalue weighted by Gasteiger charge is -2.31. The molecule has 0 bridgehead atoms. The predicted molar refractivity (Wildman–Crippen MR) is 112 cm³/mol. The van der Waals surface area contributed by atoms with Crippen molar-refractivity contribution in [3.8, 4) is 0 Å². The molecule has 0 saturated carbocycles. The second-order valence-electron chi connectivity index (χ2n) is 7.68. The van der Waals surface area contributed by atoms with Gasteiger partial charge in [0.25, 0.3) is 0 Å². The van der Waals surface area contributed by atoms with Crippen LogP contribution in [0.5, 0.6) is 0 Å². The van der Waals surface area contributed by atoms with Gasteiger partial charge in [-0.05, 0) is 48.7 Å². The number of piperidine rings is 1. The van der Waals surface area contributed by atoms with Crippen LogP contribution in [0.2, 0.25) is 0 Å². The van der Waals surface area contributed by atoms with Crippen LogP contribution in [-0.4, -0.2) is 38.4 Å². The standard InChI is InChI=1S/C23H27N5O/c29-23(22-7-11-27(12-8-22)17-21-2-1-9-24-14-21)26-15-19-3-5-20(6-4-19)16-28-13-10-25-18-28/h1-6,9-10,13-14,18,22H,7-8,11-12,15-17H2,(H,26,29). The molecule has 6 heteroatoms. The molecule has 1 aliphatic heterocycles. The van der Waals surface area contributed by atoms with Gasteiger partial charge in [0.05, 0.1) is 6.33 Å². The molecule has 1 N–H and O–H groups in total. The van der Waals surface area contributed by atoms with Crippen molar-refractivity contribution in [1.82, 2.24) is 24.8 Å². The Hall–Kier alpha value is -2.99. The molecule has 4 rings (SSSR count). The van der Waals surface area contributed by atoms with Crippen molar-refractivity contribution in [1.29, 1.82) is 0 Å². The molecule has 0 radical (unpaired) electrons. The molecule has 1 saturated heterocycles. The SMILES string of the molecule is O=C(NCc1ccc(Cn2ccnc2)cc1)C1CCN(Cc2cccnc2)CC1. The van der Waals surface area contributed by atoms with Crippen LogP contribution in [0, 0.1) is 5.92 Å². The fraction of sp³-hybridized carbons (Fsp3) is 0.348. The van der Waals surface area contributed by atoms with Crippen LogP contribution < -0.4 is 5.32 Å². The van der Waals surface area contributed by atoms with Gasteiger partial charge in [0.15, 0.2) is 0 Å². The topological polar surface area (TPSA) is 63.1 Å². The molecule has 0 aliphatic carbocycles. The van der Waals surface area contributed by atoms with Gasteiger partial charge in [0, 0.05) is 50.3 Å². The van der Waals surface area contributed by atoms with Crippen molar-refractivity contribution in [2.45, 2.75) is 32.5 Å². The van der Waals surface area contributed by atoms with Crippen molar-refractivity contribution >= 4 is 5.91 Å². The first-order valence-corrected chi connectivity index (χ1v) is 10.2. The van der Waals surface area contributed by atoms with Crippen LogP contribution in [0.25, 0.3) is 0 Å². The molecule has 0 spiro atoms. The zero-order valence-electron chi connectivity index (χ0n) is 16.6. The van der Waals surface area contributed by atoms with E-state index in [4.69, 9.17) is 0 Å². The summed E-state index contributed by atoms with van der Waals surface area (Å²) in [4.78, 5) is 23.2. The molecule has 150 valence electrons. The van der Waals surface area contributed by atoms with Crippen LogP contribution in [0.4, 0.5) is 0 Å². The summed E-state index contributed by atoms with van der Waals surface area (Å²) in [6.45, 7) is 4.21. The smallest absolute Gasteiger partial charge is 0.223 e. The number of carbonyl (C=O) groups excluding carboxylic acids is 1. The molecule has 0 atom stereocenters. The zero-order chi connectivity index (χ0) is 19.9. The monoisotopic (exact) mass is 389 g/mol. The quantitative estimate of drug-likeness (QED) is 0.675. The number of hydrogen-bond acceptors (Lipinski definition) is 4. The number of aromatic nitrogens is 3. The number of nitrogens with one attached hydrogen (secondary N) is 1. The summed E-state index contributed by atoms with van der Waals surface area (Å²) in [5, 5.41) is 3.12. The lowest BCUT2D eigenvalue weighted by molar-refractivity contribution is -0.126. The van der Waals surface area contributed by atoms with Gasteiger partial charge in [-0.1, -0.05) is 30.3 Å². The van der Waals surface area contributed by atoms with Crippen LogP contribution in [0.15, 0.2) is 67.5 Å². The Kier molecular flexibility index (Phi) is 6.32. The highest BCUT2D eigenvalue weighted by atomic mass is 16.1. The van der Waals surface area contributed by atoms with Crippen molar-refractivity contribution in [2.75, 3.05) is 13.1 Å². The second-order valence-corrected chi connectivity index (χ2v) is 7.68. The fourth-order valence-corrected chi connectivity index (χ4v) is 3.79. The second kappa shape index (κ2) is 9.47. The first-order valence-electron chi connectivity index (χ1n) is 10.2. The number of benzene rings is 1. The summed E-state index contributed by atoms with van der Waals surface area (Å²) in [6, 6.07) is 12.5. The number of likely N-dealkylation sites (tertiary alicyclic amines) is 1. The first kappa shape index (κ1) is 19.3. The third-order valence-electron chi connectivity index (χ3n) is 5.50. The molecule has 0 unspecified atom stereocenters. The number of imidazole rings is 1. The summed E-state index contributed by atoms with van der Waals surface area (Å²) in [5.74, 6) is 0.286. The Morgan fingerprint density at radius 2 is 1.76 bits per heavy atom. The summed E-state index contributed by atoms with van der Waals surface area (Å²) in [5.41, 5.74) is 3.58. The van der Waals surface area contributed by atoms with Crippen LogP contribution >= 0.6 is 0 Å². The fourth-order valence-electron chi connectivity index (χ4n) is 3.79. The Bertz CT molecular complexity index is 885. The van der Waals surface area contributed by atoms with E-state index in [1.165, 1.54) is 11.1 Å². The molecule has 1 aromatic carbocycles. The van der Waals surface area contributed by atoms with Crippen LogP contribution in [-0.2, 0) is 24.4 Å². The van der Waals surface area contributed by atoms with E-state index >= 15 is 0 Å². The molecule has 3 heterocycles. The molecule has 1 amide bonds. The maximum absolute atomic E-state index is 12.6. The average Bonchev–Trinajstić information content (AvgIpc) is 3.27. The van der Waals surface area contributed by atoms with Crippen LogP contribution in [0.3, 0.4) is 0 Å². The van der Waals surface area contributed by atoms with Gasteiger partial charge in [-0.2, -0.15) is 0 Å². The Labute approximate surface area is 171 Å². The minimum Gasteiger partial charge on any atom is -0.352 e. The summed E-state index contributed by atoms with van der Waals surface area (Å²) in [6.07, 6.45) is 11.1. The minimum absolute atomic E-state index is 0.112. The van der Waals surface area contributed by atoms with E-state index in [1.54, 1.807) is 12.4 Å². The number of rotatable bonds is 7. The van der Waals surface area contributed by atoms with E-state index in [0.717, 1.165) is 44.6 Å². The van der Waals surface area contributed by atoms with Gasteiger partial charge >= 0.3 is 0 Å². The van der Waals surface area contributed by atoms with Gasteiger partial charge in [-0.3, -0.25) is 14.7 Å². The van der Waals surface area contributed by atoms with Gasteiger partial charge < -0.3 is 9.88 Å². The van der Waals surface area contributed by atoms with E-state index in [0.29, 0.717) is 6.54 Å².